The second-order valence-electron chi connectivity index (χ2n) is 1.73. The van der Waals surface area contributed by atoms with Crippen LogP contribution in [0.1, 0.15) is 26.7 Å². The molecule has 0 fully saturated rings. The van der Waals surface area contributed by atoms with E-state index in [0.717, 1.165) is 6.92 Å². The van der Waals surface area contributed by atoms with E-state index >= 15 is 0 Å². The number of carboxylic acids is 1. The molecule has 0 atom stereocenters. The van der Waals surface area contributed by atoms with Crippen molar-refractivity contribution in [3.63, 3.8) is 0 Å². The molecule has 0 unspecified atom stereocenters. The fourth-order valence-corrected chi connectivity index (χ4v) is 0.250. The minimum atomic E-state index is -0.833. The Bertz CT molecular complexity index is 116. The molecule has 0 radical (unpaired) electrons. The number of rotatable bonds is 2. The van der Waals surface area contributed by atoms with Gasteiger partial charge in [0.25, 0.3) is 5.97 Å². The minimum absolute atomic E-state index is 0.288. The molecule has 0 aliphatic heterocycles. The van der Waals surface area contributed by atoms with Crippen molar-refractivity contribution in [3.05, 3.63) is 0 Å². The first kappa shape index (κ1) is 12.6. The van der Waals surface area contributed by atoms with Gasteiger partial charge in [0.15, 0.2) is 0 Å². The first-order valence-electron chi connectivity index (χ1n) is 3.08. The molecule has 0 rings (SSSR count). The SMILES string of the molecule is CC(=O)O.CCCC(=O)OO. The Morgan fingerprint density at radius 1 is 1.45 bits per heavy atom. The van der Waals surface area contributed by atoms with Crippen LogP contribution in [-0.4, -0.2) is 22.3 Å². The van der Waals surface area contributed by atoms with Crippen LogP contribution in [0.5, 0.6) is 0 Å². The minimum Gasteiger partial charge on any atom is -0.481 e. The zero-order chi connectivity index (χ0) is 9.28. The Hall–Kier alpha value is -1.10. The first-order valence-corrected chi connectivity index (χ1v) is 3.08. The van der Waals surface area contributed by atoms with Crippen molar-refractivity contribution in [1.82, 2.24) is 0 Å². The third kappa shape index (κ3) is 27.9. The predicted octanol–water partition coefficient (Wildman–Crippen LogP) is 0.894. The summed E-state index contributed by atoms with van der Waals surface area (Å²) in [6.07, 6.45) is 0.996. The smallest absolute Gasteiger partial charge is 0.342 e. The summed E-state index contributed by atoms with van der Waals surface area (Å²) >= 11 is 0. The Morgan fingerprint density at radius 3 is 1.91 bits per heavy atom. The molecule has 5 heteroatoms. The molecule has 0 heterocycles. The van der Waals surface area contributed by atoms with E-state index in [1.54, 1.807) is 0 Å². The van der Waals surface area contributed by atoms with E-state index < -0.39 is 11.9 Å². The van der Waals surface area contributed by atoms with Gasteiger partial charge < -0.3 is 9.99 Å². The van der Waals surface area contributed by atoms with Gasteiger partial charge in [-0.15, -0.1) is 0 Å². The zero-order valence-electron chi connectivity index (χ0n) is 6.53. The Morgan fingerprint density at radius 2 is 1.82 bits per heavy atom. The number of aliphatic carboxylic acids is 1. The fourth-order valence-electron chi connectivity index (χ4n) is 0.250. The van der Waals surface area contributed by atoms with E-state index in [0.29, 0.717) is 6.42 Å². The molecular weight excluding hydrogens is 152 g/mol. The molecule has 0 aromatic heterocycles. The van der Waals surface area contributed by atoms with E-state index in [1.807, 2.05) is 6.92 Å². The van der Waals surface area contributed by atoms with Crippen molar-refractivity contribution >= 4 is 11.9 Å². The maximum absolute atomic E-state index is 9.94. The van der Waals surface area contributed by atoms with Gasteiger partial charge in [-0.1, -0.05) is 6.92 Å². The lowest BCUT2D eigenvalue weighted by atomic mass is 10.3. The molecule has 0 saturated heterocycles. The van der Waals surface area contributed by atoms with Crippen LogP contribution in [0.2, 0.25) is 0 Å². The molecule has 66 valence electrons. The molecule has 11 heavy (non-hydrogen) atoms. The monoisotopic (exact) mass is 164 g/mol. The van der Waals surface area contributed by atoms with Gasteiger partial charge in [-0.3, -0.25) is 4.79 Å². The third-order valence-corrected chi connectivity index (χ3v) is 0.556. The molecule has 0 aliphatic carbocycles. The van der Waals surface area contributed by atoms with Gasteiger partial charge >= 0.3 is 5.97 Å². The largest absolute Gasteiger partial charge is 0.481 e. The number of carbonyl (C=O) groups excluding carboxylic acids is 1. The van der Waals surface area contributed by atoms with Gasteiger partial charge in [-0.25, -0.2) is 4.79 Å². The number of hydrogen-bond acceptors (Lipinski definition) is 4. The Balaban J connectivity index is 0. The molecule has 0 aromatic rings. The molecule has 0 spiro atoms. The molecule has 0 amide bonds. The van der Waals surface area contributed by atoms with E-state index in [1.165, 1.54) is 0 Å². The second kappa shape index (κ2) is 8.90. The summed E-state index contributed by atoms with van der Waals surface area (Å²) in [5, 5.41) is 15.0. The maximum Gasteiger partial charge on any atom is 0.342 e. The summed E-state index contributed by atoms with van der Waals surface area (Å²) in [4.78, 5) is 22.3. The van der Waals surface area contributed by atoms with Crippen LogP contribution in [0, 0.1) is 0 Å². The van der Waals surface area contributed by atoms with Crippen molar-refractivity contribution < 1.29 is 24.8 Å². The molecule has 2 N–H and O–H groups in total. The van der Waals surface area contributed by atoms with Crippen LogP contribution >= 0.6 is 0 Å². The quantitative estimate of drug-likeness (QED) is 0.467. The van der Waals surface area contributed by atoms with Crippen LogP contribution in [0.25, 0.3) is 0 Å². The zero-order valence-corrected chi connectivity index (χ0v) is 6.53. The maximum atomic E-state index is 9.94. The van der Waals surface area contributed by atoms with Crippen LogP contribution in [0.3, 0.4) is 0 Å². The van der Waals surface area contributed by atoms with Crippen LogP contribution in [0.4, 0.5) is 0 Å². The molecular formula is C6H12O5. The molecule has 0 aromatic carbocycles. The van der Waals surface area contributed by atoms with Crippen molar-refractivity contribution in [1.29, 1.82) is 0 Å². The van der Waals surface area contributed by atoms with Crippen LogP contribution < -0.4 is 0 Å². The average molecular weight is 164 g/mol. The molecule has 0 aliphatic rings. The lowest BCUT2D eigenvalue weighted by Gasteiger charge is -1.87. The highest BCUT2D eigenvalue weighted by Crippen LogP contribution is 1.86. The second-order valence-corrected chi connectivity index (χ2v) is 1.73. The van der Waals surface area contributed by atoms with E-state index in [4.69, 9.17) is 15.2 Å². The third-order valence-electron chi connectivity index (χ3n) is 0.556. The molecule has 0 bridgehead atoms. The van der Waals surface area contributed by atoms with Gasteiger partial charge in [-0.05, 0) is 6.42 Å². The van der Waals surface area contributed by atoms with Gasteiger partial charge in [0, 0.05) is 13.3 Å². The summed E-state index contributed by atoms with van der Waals surface area (Å²) in [6.45, 7) is 2.91. The van der Waals surface area contributed by atoms with Gasteiger partial charge in [0.05, 0.1) is 0 Å². The lowest BCUT2D eigenvalue weighted by Crippen LogP contribution is -1.97. The van der Waals surface area contributed by atoms with Gasteiger partial charge in [-0.2, -0.15) is 5.26 Å². The fraction of sp³-hybridized carbons (Fsp3) is 0.667. The Labute approximate surface area is 64.5 Å². The standard InChI is InChI=1S/C4H8O3.C2H4O2/c1-2-3-4(5)7-6;1-2(3)4/h6H,2-3H2,1H3;1H3,(H,3,4). The van der Waals surface area contributed by atoms with Crippen molar-refractivity contribution in [2.24, 2.45) is 0 Å². The van der Waals surface area contributed by atoms with Crippen molar-refractivity contribution in [2.75, 3.05) is 0 Å². The normalized spacial score (nSPS) is 7.55. The summed E-state index contributed by atoms with van der Waals surface area (Å²) in [5.74, 6) is -1.40. The first-order chi connectivity index (χ1) is 5.04. The van der Waals surface area contributed by atoms with Crippen LogP contribution in [-0.2, 0) is 14.5 Å². The number of carboxylic acid groups (broad SMARTS) is 1. The van der Waals surface area contributed by atoms with Gasteiger partial charge in [0.2, 0.25) is 0 Å². The van der Waals surface area contributed by atoms with E-state index in [-0.39, 0.29) is 6.42 Å². The van der Waals surface area contributed by atoms with E-state index in [9.17, 15) is 4.79 Å². The molecule has 5 nitrogen and oxygen atoms in total. The lowest BCUT2D eigenvalue weighted by molar-refractivity contribution is -0.234. The summed E-state index contributed by atoms with van der Waals surface area (Å²) in [7, 11) is 0. The number of hydrogen-bond donors (Lipinski definition) is 2. The van der Waals surface area contributed by atoms with Crippen molar-refractivity contribution in [2.45, 2.75) is 26.7 Å². The summed E-state index contributed by atoms with van der Waals surface area (Å²) in [5.41, 5.74) is 0. The summed E-state index contributed by atoms with van der Waals surface area (Å²) in [6, 6.07) is 0. The van der Waals surface area contributed by atoms with Crippen LogP contribution in [0.15, 0.2) is 0 Å². The average Bonchev–Trinajstić information content (AvgIpc) is 1.87. The predicted molar refractivity (Wildman–Crippen MR) is 36.9 cm³/mol. The van der Waals surface area contributed by atoms with Gasteiger partial charge in [0.1, 0.15) is 0 Å². The highest BCUT2D eigenvalue weighted by atomic mass is 17.1. The van der Waals surface area contributed by atoms with E-state index in [2.05, 4.69) is 4.89 Å². The molecule has 0 saturated carbocycles. The topological polar surface area (TPSA) is 83.8 Å². The summed E-state index contributed by atoms with van der Waals surface area (Å²) < 4.78 is 0. The highest BCUT2D eigenvalue weighted by Gasteiger charge is 1.95. The van der Waals surface area contributed by atoms with Crippen molar-refractivity contribution in [3.8, 4) is 0 Å². The Kier molecular flexibility index (Phi) is 10.2. The highest BCUT2D eigenvalue weighted by molar-refractivity contribution is 5.68. The number of carbonyl (C=O) groups is 2.